The van der Waals surface area contributed by atoms with Crippen LogP contribution in [-0.4, -0.2) is 35.1 Å². The number of nitrogens with zero attached hydrogens (tertiary/aromatic N) is 2. The molecular formula is C17H16ClN3O3S2. The molecular weight excluding hydrogens is 394 g/mol. The smallest absolute Gasteiger partial charge is 0.250 e. The number of benzene rings is 1. The molecule has 1 aliphatic rings. The fraction of sp³-hybridized carbons (Fsp3) is 0.235. The number of amides is 1. The Balaban J connectivity index is 1.64. The Bertz CT molecular complexity index is 839. The number of carbonyl (C=O) groups excluding carboxylic acids is 1. The van der Waals surface area contributed by atoms with Gasteiger partial charge in [0.05, 0.1) is 18.2 Å². The molecule has 0 radical (unpaired) electrons. The van der Waals surface area contributed by atoms with E-state index in [0.717, 1.165) is 22.1 Å². The van der Waals surface area contributed by atoms with Crippen molar-refractivity contribution in [1.29, 1.82) is 0 Å². The summed E-state index contributed by atoms with van der Waals surface area (Å²) in [7, 11) is 0. The second-order valence-electron chi connectivity index (χ2n) is 5.18. The number of aromatic nitrogens is 2. The van der Waals surface area contributed by atoms with Crippen LogP contribution >= 0.6 is 34.7 Å². The van der Waals surface area contributed by atoms with Gasteiger partial charge < -0.3 is 9.47 Å². The molecule has 136 valence electrons. The van der Waals surface area contributed by atoms with E-state index in [0.29, 0.717) is 34.9 Å². The van der Waals surface area contributed by atoms with E-state index >= 15 is 0 Å². The lowest BCUT2D eigenvalue weighted by Gasteiger charge is -2.09. The summed E-state index contributed by atoms with van der Waals surface area (Å²) in [5.41, 5.74) is 0.744. The van der Waals surface area contributed by atoms with Gasteiger partial charge in [0.1, 0.15) is 0 Å². The van der Waals surface area contributed by atoms with Gasteiger partial charge in [-0.1, -0.05) is 40.8 Å². The molecule has 1 N–H and O–H groups in total. The predicted octanol–water partition coefficient (Wildman–Crippen LogP) is 4.28. The molecule has 3 rings (SSSR count). The van der Waals surface area contributed by atoms with Crippen molar-refractivity contribution < 1.29 is 14.3 Å². The second-order valence-corrected chi connectivity index (χ2v) is 7.83. The maximum atomic E-state index is 12.1. The van der Waals surface area contributed by atoms with Crippen molar-refractivity contribution in [3.05, 3.63) is 41.4 Å². The molecule has 0 aliphatic carbocycles. The number of hydrogen-bond donors (Lipinski definition) is 1. The van der Waals surface area contributed by atoms with Crippen LogP contribution in [0.4, 0.5) is 5.13 Å². The molecule has 1 amide bonds. The Morgan fingerprint density at radius 3 is 3.08 bits per heavy atom. The standard InChI is InChI=1S/C17H16ClN3O3S2/c1-2-8-25-17-21-20-16(26-17)19-14(22)5-4-11-9-12(18)15-13(10-11)23-6-3-7-24-15/h2,4-5,9-10H,1,3,6-8H2,(H,19,20,22)/b5-4+. The monoisotopic (exact) mass is 409 g/mol. The minimum absolute atomic E-state index is 0.301. The lowest BCUT2D eigenvalue weighted by molar-refractivity contribution is -0.111. The molecule has 0 saturated heterocycles. The molecule has 1 aromatic heterocycles. The molecule has 0 atom stereocenters. The molecule has 2 heterocycles. The summed E-state index contributed by atoms with van der Waals surface area (Å²) >= 11 is 9.07. The first-order valence-corrected chi connectivity index (χ1v) is 9.99. The SMILES string of the molecule is C=CCSc1nnc(NC(=O)/C=C/c2cc(Cl)c3c(c2)OCCCO3)s1. The summed E-state index contributed by atoms with van der Waals surface area (Å²) < 4.78 is 12.0. The molecule has 2 aromatic rings. The molecule has 0 unspecified atom stereocenters. The van der Waals surface area contributed by atoms with Gasteiger partial charge in [-0.15, -0.1) is 16.8 Å². The van der Waals surface area contributed by atoms with Gasteiger partial charge in [0.2, 0.25) is 11.0 Å². The summed E-state index contributed by atoms with van der Waals surface area (Å²) in [6.45, 7) is 4.79. The first-order chi connectivity index (χ1) is 12.7. The minimum atomic E-state index is -0.301. The number of nitrogens with one attached hydrogen (secondary N) is 1. The molecule has 6 nitrogen and oxygen atoms in total. The number of ether oxygens (including phenoxy) is 2. The van der Waals surface area contributed by atoms with E-state index in [1.54, 1.807) is 24.3 Å². The Kier molecular flexibility index (Phi) is 6.54. The Labute approximate surface area is 164 Å². The van der Waals surface area contributed by atoms with E-state index in [9.17, 15) is 4.79 Å². The van der Waals surface area contributed by atoms with Crippen molar-refractivity contribution in [2.45, 2.75) is 10.8 Å². The number of halogens is 1. The summed E-state index contributed by atoms with van der Waals surface area (Å²) in [5, 5.41) is 11.5. The van der Waals surface area contributed by atoms with E-state index in [1.165, 1.54) is 29.2 Å². The number of thioether (sulfide) groups is 1. The van der Waals surface area contributed by atoms with Crippen molar-refractivity contribution in [1.82, 2.24) is 10.2 Å². The Morgan fingerprint density at radius 2 is 2.23 bits per heavy atom. The summed E-state index contributed by atoms with van der Waals surface area (Å²) in [6.07, 6.45) is 5.65. The molecule has 0 bridgehead atoms. The lowest BCUT2D eigenvalue weighted by atomic mass is 10.2. The lowest BCUT2D eigenvalue weighted by Crippen LogP contribution is -2.07. The van der Waals surface area contributed by atoms with Crippen molar-refractivity contribution in [2.24, 2.45) is 0 Å². The van der Waals surface area contributed by atoms with E-state index in [4.69, 9.17) is 21.1 Å². The van der Waals surface area contributed by atoms with E-state index in [2.05, 4.69) is 22.1 Å². The third-order valence-corrected chi connectivity index (χ3v) is 5.46. The fourth-order valence-corrected chi connectivity index (χ4v) is 3.90. The first-order valence-electron chi connectivity index (χ1n) is 7.81. The van der Waals surface area contributed by atoms with Gasteiger partial charge in [-0.2, -0.15) is 0 Å². The highest BCUT2D eigenvalue weighted by atomic mass is 35.5. The van der Waals surface area contributed by atoms with Crippen LogP contribution in [0, 0.1) is 0 Å². The normalized spacial score (nSPS) is 13.4. The highest BCUT2D eigenvalue weighted by molar-refractivity contribution is 8.01. The summed E-state index contributed by atoms with van der Waals surface area (Å²) in [6, 6.07) is 3.53. The molecule has 0 saturated carbocycles. The maximum Gasteiger partial charge on any atom is 0.250 e. The van der Waals surface area contributed by atoms with Crippen LogP contribution < -0.4 is 14.8 Å². The molecule has 1 aliphatic heterocycles. The number of carbonyl (C=O) groups is 1. The third-order valence-electron chi connectivity index (χ3n) is 3.21. The van der Waals surface area contributed by atoms with Gasteiger partial charge in [0.15, 0.2) is 15.8 Å². The number of rotatable bonds is 6. The second kappa shape index (κ2) is 9.07. The van der Waals surface area contributed by atoms with Crippen LogP contribution in [0.2, 0.25) is 5.02 Å². The van der Waals surface area contributed by atoms with Gasteiger partial charge in [-0.25, -0.2) is 0 Å². The third kappa shape index (κ3) is 5.00. The zero-order valence-corrected chi connectivity index (χ0v) is 16.1. The van der Waals surface area contributed by atoms with Crippen LogP contribution in [0.15, 0.2) is 35.2 Å². The van der Waals surface area contributed by atoms with Gasteiger partial charge in [-0.05, 0) is 23.8 Å². The van der Waals surface area contributed by atoms with Crippen LogP contribution in [0.3, 0.4) is 0 Å². The minimum Gasteiger partial charge on any atom is -0.489 e. The van der Waals surface area contributed by atoms with Gasteiger partial charge in [-0.3, -0.25) is 10.1 Å². The number of anilines is 1. The van der Waals surface area contributed by atoms with Gasteiger partial charge in [0, 0.05) is 18.2 Å². The number of fused-ring (bicyclic) bond motifs is 1. The highest BCUT2D eigenvalue weighted by Crippen LogP contribution is 2.38. The van der Waals surface area contributed by atoms with Crippen LogP contribution in [-0.2, 0) is 4.79 Å². The zero-order chi connectivity index (χ0) is 18.4. The molecule has 26 heavy (non-hydrogen) atoms. The van der Waals surface area contributed by atoms with E-state index < -0.39 is 0 Å². The molecule has 9 heteroatoms. The van der Waals surface area contributed by atoms with Crippen molar-refractivity contribution >= 4 is 51.8 Å². The zero-order valence-electron chi connectivity index (χ0n) is 13.7. The van der Waals surface area contributed by atoms with E-state index in [-0.39, 0.29) is 5.91 Å². The Morgan fingerprint density at radius 1 is 1.38 bits per heavy atom. The largest absolute Gasteiger partial charge is 0.489 e. The van der Waals surface area contributed by atoms with Gasteiger partial charge >= 0.3 is 0 Å². The van der Waals surface area contributed by atoms with Crippen molar-refractivity contribution in [2.75, 3.05) is 24.3 Å². The van der Waals surface area contributed by atoms with Crippen molar-refractivity contribution in [3.8, 4) is 11.5 Å². The Hall–Kier alpha value is -2.03. The molecule has 1 aromatic carbocycles. The van der Waals surface area contributed by atoms with Gasteiger partial charge in [0.25, 0.3) is 0 Å². The van der Waals surface area contributed by atoms with E-state index in [1.807, 2.05) is 0 Å². The highest BCUT2D eigenvalue weighted by Gasteiger charge is 2.15. The number of hydrogen-bond acceptors (Lipinski definition) is 7. The average Bonchev–Trinajstić information content (AvgIpc) is 2.92. The molecule has 0 spiro atoms. The maximum absolute atomic E-state index is 12.1. The first kappa shape index (κ1) is 18.8. The predicted molar refractivity (Wildman–Crippen MR) is 106 cm³/mol. The summed E-state index contributed by atoms with van der Waals surface area (Å²) in [4.78, 5) is 12.1. The fourth-order valence-electron chi connectivity index (χ4n) is 2.11. The van der Waals surface area contributed by atoms with Crippen molar-refractivity contribution in [3.63, 3.8) is 0 Å². The average molecular weight is 410 g/mol. The topological polar surface area (TPSA) is 73.3 Å². The quantitative estimate of drug-likeness (QED) is 0.332. The van der Waals surface area contributed by atoms with Crippen LogP contribution in [0.1, 0.15) is 12.0 Å². The summed E-state index contributed by atoms with van der Waals surface area (Å²) in [5.74, 6) is 1.57. The van der Waals surface area contributed by atoms with Crippen LogP contribution in [0.25, 0.3) is 6.08 Å². The van der Waals surface area contributed by atoms with Crippen LogP contribution in [0.5, 0.6) is 11.5 Å². The molecule has 0 fully saturated rings.